The van der Waals surface area contributed by atoms with E-state index in [4.69, 9.17) is 5.11 Å². The highest BCUT2D eigenvalue weighted by atomic mass is 32.2. The van der Waals surface area contributed by atoms with Crippen molar-refractivity contribution in [3.8, 4) is 0 Å². The maximum absolute atomic E-state index is 11.6. The molecule has 1 aromatic carbocycles. The van der Waals surface area contributed by atoms with Crippen LogP contribution < -0.4 is 0 Å². The van der Waals surface area contributed by atoms with Crippen LogP contribution in [0, 0.1) is 6.92 Å². The van der Waals surface area contributed by atoms with Crippen molar-refractivity contribution in [1.82, 2.24) is 4.90 Å². The van der Waals surface area contributed by atoms with Gasteiger partial charge in [0, 0.05) is 13.1 Å². The van der Waals surface area contributed by atoms with Crippen LogP contribution in [0.3, 0.4) is 0 Å². The summed E-state index contributed by atoms with van der Waals surface area (Å²) in [6.07, 6.45) is -0.878. The van der Waals surface area contributed by atoms with Crippen molar-refractivity contribution in [1.29, 1.82) is 0 Å². The molecule has 1 heterocycles. The maximum Gasteiger partial charge on any atom is 0.154 e. The first-order valence-electron chi connectivity index (χ1n) is 6.70. The SMILES string of the molecule is Cc1ccc(CN(CCO)[C@H]2CS(=O)(=O)C[C@@H]2O)cc1. The summed E-state index contributed by atoms with van der Waals surface area (Å²) >= 11 is 0. The number of hydrogen-bond donors (Lipinski definition) is 2. The van der Waals surface area contributed by atoms with Crippen molar-refractivity contribution in [2.75, 3.05) is 24.7 Å². The highest BCUT2D eigenvalue weighted by molar-refractivity contribution is 7.91. The third-order valence-corrected chi connectivity index (χ3v) is 5.35. The predicted octanol–water partition coefficient (Wildman–Crippen LogP) is -0.0528. The lowest BCUT2D eigenvalue weighted by molar-refractivity contribution is 0.0655. The minimum Gasteiger partial charge on any atom is -0.395 e. The molecule has 1 saturated heterocycles. The Morgan fingerprint density at radius 2 is 1.90 bits per heavy atom. The Hall–Kier alpha value is -0.950. The van der Waals surface area contributed by atoms with E-state index in [0.717, 1.165) is 11.1 Å². The van der Waals surface area contributed by atoms with Crippen LogP contribution >= 0.6 is 0 Å². The highest BCUT2D eigenvalue weighted by Crippen LogP contribution is 2.20. The van der Waals surface area contributed by atoms with Crippen LogP contribution in [0.2, 0.25) is 0 Å². The van der Waals surface area contributed by atoms with Crippen molar-refractivity contribution in [3.05, 3.63) is 35.4 Å². The van der Waals surface area contributed by atoms with Crippen LogP contribution in [0.15, 0.2) is 24.3 Å². The zero-order valence-corrected chi connectivity index (χ0v) is 12.4. The van der Waals surface area contributed by atoms with E-state index < -0.39 is 22.0 Å². The lowest BCUT2D eigenvalue weighted by atomic mass is 10.1. The predicted molar refractivity (Wildman–Crippen MR) is 77.1 cm³/mol. The zero-order chi connectivity index (χ0) is 14.8. The third-order valence-electron chi connectivity index (χ3n) is 3.66. The summed E-state index contributed by atoms with van der Waals surface area (Å²) in [6, 6.07) is 7.52. The van der Waals surface area contributed by atoms with Gasteiger partial charge in [0.25, 0.3) is 0 Å². The second-order valence-corrected chi connectivity index (χ2v) is 7.55. The van der Waals surface area contributed by atoms with Gasteiger partial charge < -0.3 is 10.2 Å². The van der Waals surface area contributed by atoms with E-state index in [-0.39, 0.29) is 18.1 Å². The maximum atomic E-state index is 11.6. The molecule has 5 nitrogen and oxygen atoms in total. The van der Waals surface area contributed by atoms with Crippen molar-refractivity contribution >= 4 is 9.84 Å². The summed E-state index contributed by atoms with van der Waals surface area (Å²) in [6.45, 7) is 2.82. The van der Waals surface area contributed by atoms with E-state index in [9.17, 15) is 13.5 Å². The molecule has 0 bridgehead atoms. The van der Waals surface area contributed by atoms with Crippen LogP contribution in [0.4, 0.5) is 0 Å². The number of aliphatic hydroxyl groups is 2. The Balaban J connectivity index is 2.13. The Bertz CT molecular complexity index is 541. The van der Waals surface area contributed by atoms with Gasteiger partial charge >= 0.3 is 0 Å². The molecule has 0 spiro atoms. The molecule has 2 atom stereocenters. The molecule has 20 heavy (non-hydrogen) atoms. The second kappa shape index (κ2) is 6.22. The molecule has 0 aromatic heterocycles. The van der Waals surface area contributed by atoms with Crippen molar-refractivity contribution in [2.24, 2.45) is 0 Å². The van der Waals surface area contributed by atoms with Crippen LogP contribution in [-0.2, 0) is 16.4 Å². The third kappa shape index (κ3) is 3.79. The molecule has 2 N–H and O–H groups in total. The minimum atomic E-state index is -3.18. The van der Waals surface area contributed by atoms with Gasteiger partial charge in [-0.15, -0.1) is 0 Å². The lowest BCUT2D eigenvalue weighted by Crippen LogP contribution is -2.44. The summed E-state index contributed by atoms with van der Waals surface area (Å²) in [7, 11) is -3.18. The fraction of sp³-hybridized carbons (Fsp3) is 0.571. The first kappa shape index (κ1) is 15.4. The number of benzene rings is 1. The van der Waals surface area contributed by atoms with Crippen LogP contribution in [0.1, 0.15) is 11.1 Å². The van der Waals surface area contributed by atoms with E-state index in [1.165, 1.54) is 0 Å². The molecular weight excluding hydrogens is 278 g/mol. The molecule has 0 amide bonds. The van der Waals surface area contributed by atoms with Crippen LogP contribution in [0.5, 0.6) is 0 Å². The number of hydrogen-bond acceptors (Lipinski definition) is 5. The van der Waals surface area contributed by atoms with E-state index >= 15 is 0 Å². The molecule has 1 aliphatic heterocycles. The molecule has 112 valence electrons. The number of nitrogens with zero attached hydrogens (tertiary/aromatic N) is 1. The zero-order valence-electron chi connectivity index (χ0n) is 11.6. The number of aliphatic hydroxyl groups excluding tert-OH is 2. The summed E-state index contributed by atoms with van der Waals surface area (Å²) < 4.78 is 23.2. The van der Waals surface area contributed by atoms with Gasteiger partial charge in [-0.1, -0.05) is 29.8 Å². The number of rotatable bonds is 5. The van der Waals surface area contributed by atoms with Crippen molar-refractivity contribution in [2.45, 2.75) is 25.6 Å². The normalized spacial score (nSPS) is 25.2. The minimum absolute atomic E-state index is 0.0416. The second-order valence-electron chi connectivity index (χ2n) is 5.39. The average molecular weight is 299 g/mol. The van der Waals surface area contributed by atoms with Gasteiger partial charge in [-0.05, 0) is 12.5 Å². The molecule has 0 radical (unpaired) electrons. The van der Waals surface area contributed by atoms with Gasteiger partial charge in [0.1, 0.15) is 0 Å². The quantitative estimate of drug-likeness (QED) is 0.797. The highest BCUT2D eigenvalue weighted by Gasteiger charge is 2.39. The Morgan fingerprint density at radius 3 is 2.40 bits per heavy atom. The first-order valence-corrected chi connectivity index (χ1v) is 8.52. The van der Waals surface area contributed by atoms with Crippen molar-refractivity contribution in [3.63, 3.8) is 0 Å². The summed E-state index contributed by atoms with van der Waals surface area (Å²) in [5.74, 6) is -0.229. The Kier molecular flexibility index (Phi) is 4.80. The fourth-order valence-corrected chi connectivity index (χ4v) is 4.41. The van der Waals surface area contributed by atoms with E-state index in [2.05, 4.69) is 0 Å². The Morgan fingerprint density at radius 1 is 1.25 bits per heavy atom. The molecule has 6 heteroatoms. The van der Waals surface area contributed by atoms with Crippen molar-refractivity contribution < 1.29 is 18.6 Å². The monoisotopic (exact) mass is 299 g/mol. The standard InChI is InChI=1S/C14H21NO4S/c1-11-2-4-12(5-3-11)8-15(6-7-16)13-9-20(18,19)10-14(13)17/h2-5,13-14,16-17H,6-10H2,1H3/t13-,14-/m0/s1. The van der Waals surface area contributed by atoms with E-state index in [0.29, 0.717) is 13.1 Å². The largest absolute Gasteiger partial charge is 0.395 e. The molecule has 0 aliphatic carbocycles. The summed E-state index contributed by atoms with van der Waals surface area (Å²) in [5, 5.41) is 19.1. The van der Waals surface area contributed by atoms with Crippen LogP contribution in [-0.4, -0.2) is 60.3 Å². The molecule has 1 aromatic rings. The molecular formula is C14H21NO4S. The summed E-state index contributed by atoms with van der Waals surface area (Å²) in [4.78, 5) is 1.85. The van der Waals surface area contributed by atoms with Gasteiger partial charge in [0.15, 0.2) is 9.84 Å². The smallest absolute Gasteiger partial charge is 0.154 e. The Labute approximate surface area is 119 Å². The van der Waals surface area contributed by atoms with Gasteiger partial charge in [0.05, 0.1) is 30.3 Å². The average Bonchev–Trinajstić information content (AvgIpc) is 2.65. The molecule has 2 rings (SSSR count). The molecule has 0 saturated carbocycles. The van der Waals surface area contributed by atoms with Gasteiger partial charge in [0.2, 0.25) is 0 Å². The first-order chi connectivity index (χ1) is 9.41. The van der Waals surface area contributed by atoms with E-state index in [1.54, 1.807) is 0 Å². The fourth-order valence-electron chi connectivity index (χ4n) is 2.58. The van der Waals surface area contributed by atoms with Gasteiger partial charge in [-0.2, -0.15) is 0 Å². The molecule has 0 unspecified atom stereocenters. The lowest BCUT2D eigenvalue weighted by Gasteiger charge is -2.29. The number of aryl methyl sites for hydroxylation is 1. The van der Waals surface area contributed by atoms with Gasteiger partial charge in [-0.3, -0.25) is 4.90 Å². The van der Waals surface area contributed by atoms with E-state index in [1.807, 2.05) is 36.1 Å². The molecule has 1 fully saturated rings. The van der Waals surface area contributed by atoms with Crippen LogP contribution in [0.25, 0.3) is 0 Å². The topological polar surface area (TPSA) is 77.8 Å². The number of sulfone groups is 1. The molecule has 1 aliphatic rings. The summed E-state index contributed by atoms with van der Waals surface area (Å²) in [5.41, 5.74) is 2.20. The van der Waals surface area contributed by atoms with Gasteiger partial charge in [-0.25, -0.2) is 8.42 Å².